The normalized spacial score (nSPS) is 14.4. The number of aliphatic hydroxyl groups is 1. The fourth-order valence-electron chi connectivity index (χ4n) is 10.1. The molecular weight excluding hydrogens is 1260 g/mol. The minimum atomic E-state index is -4.98. The first kappa shape index (κ1) is 92.2. The molecule has 17 nitrogen and oxygen atoms in total. The molecule has 0 heterocycles. The van der Waals surface area contributed by atoms with E-state index in [9.17, 15) is 43.2 Å². The minimum absolute atomic E-state index is 0.0858. The molecule has 0 amide bonds. The topological polar surface area (TPSA) is 237 Å². The van der Waals surface area contributed by atoms with Crippen LogP contribution in [0.4, 0.5) is 0 Å². The lowest BCUT2D eigenvalue weighted by Crippen LogP contribution is -2.30. The second-order valence-corrected chi connectivity index (χ2v) is 28.1. The third kappa shape index (κ3) is 68.8. The van der Waals surface area contributed by atoms with Gasteiger partial charge in [0.2, 0.25) is 0 Å². The zero-order chi connectivity index (χ0) is 70.4. The van der Waals surface area contributed by atoms with Crippen LogP contribution in [0.3, 0.4) is 0 Å². The predicted molar refractivity (Wildman–Crippen MR) is 390 cm³/mol. The first-order valence-corrected chi connectivity index (χ1v) is 40.8. The number of carbonyl (C=O) groups excluding carboxylic acids is 4. The van der Waals surface area contributed by atoms with Crippen molar-refractivity contribution in [1.29, 1.82) is 0 Å². The Bertz CT molecular complexity index is 2160. The van der Waals surface area contributed by atoms with Gasteiger partial charge in [-0.2, -0.15) is 0 Å². The Labute approximate surface area is 583 Å². The lowest BCUT2D eigenvalue weighted by atomic mass is 10.0. The van der Waals surface area contributed by atoms with Gasteiger partial charge in [0, 0.05) is 25.7 Å². The molecule has 0 saturated heterocycles. The fraction of sp³-hybridized carbons (Fsp3) is 0.766. The SMILES string of the molecule is CC/C=C\C/C=C\C/C=C\C/C=C\C/C=C\CCCC(=O)OCC(COP(=O)(O)OCC(O)COP(=O)(O)OCC(COC(=O)CCCCCCC/C=C\C/C=C\CCC)OC(=O)CCCCCCCCCCCCCCC)OC(=O)CCCCCCCCCCCCCCC. The molecule has 0 fully saturated rings. The molecule has 5 unspecified atom stereocenters. The number of aliphatic hydroxyl groups excluding tert-OH is 1. The average Bonchev–Trinajstić information content (AvgIpc) is 3.12. The summed E-state index contributed by atoms with van der Waals surface area (Å²) in [4.78, 5) is 72.7. The van der Waals surface area contributed by atoms with Gasteiger partial charge in [-0.25, -0.2) is 9.13 Å². The maximum absolute atomic E-state index is 13.1. The monoisotopic (exact) mass is 1390 g/mol. The smallest absolute Gasteiger partial charge is 0.462 e. The molecule has 3 N–H and O–H groups in total. The lowest BCUT2D eigenvalue weighted by Gasteiger charge is -2.21. The van der Waals surface area contributed by atoms with Gasteiger partial charge in [-0.05, 0) is 89.9 Å². The van der Waals surface area contributed by atoms with E-state index in [-0.39, 0.29) is 25.7 Å². The number of hydrogen-bond acceptors (Lipinski definition) is 15. The van der Waals surface area contributed by atoms with Crippen LogP contribution >= 0.6 is 15.6 Å². The summed E-state index contributed by atoms with van der Waals surface area (Å²) in [6, 6.07) is 0. The van der Waals surface area contributed by atoms with Gasteiger partial charge in [0.1, 0.15) is 19.3 Å². The molecule has 0 aromatic carbocycles. The molecule has 0 spiro atoms. The van der Waals surface area contributed by atoms with Crippen LogP contribution in [0.1, 0.15) is 323 Å². The number of unbranched alkanes of at least 4 members (excludes halogenated alkanes) is 31. The Balaban J connectivity index is 5.37. The number of rotatable bonds is 71. The van der Waals surface area contributed by atoms with Crippen molar-refractivity contribution in [2.45, 2.75) is 341 Å². The van der Waals surface area contributed by atoms with E-state index in [4.69, 9.17) is 37.0 Å². The van der Waals surface area contributed by atoms with Crippen molar-refractivity contribution in [3.05, 3.63) is 85.1 Å². The maximum Gasteiger partial charge on any atom is 0.472 e. The Morgan fingerprint density at radius 1 is 0.302 bits per heavy atom. The van der Waals surface area contributed by atoms with E-state index in [0.29, 0.717) is 32.1 Å². The summed E-state index contributed by atoms with van der Waals surface area (Å²) in [5, 5.41) is 10.6. The summed E-state index contributed by atoms with van der Waals surface area (Å²) in [5.41, 5.74) is 0. The van der Waals surface area contributed by atoms with E-state index in [2.05, 4.69) is 101 Å². The van der Waals surface area contributed by atoms with Gasteiger partial charge in [0.15, 0.2) is 12.2 Å². The number of ether oxygens (including phenoxy) is 4. The Morgan fingerprint density at radius 2 is 0.573 bits per heavy atom. The largest absolute Gasteiger partial charge is 0.472 e. The molecule has 0 aliphatic carbocycles. The number of hydrogen-bond donors (Lipinski definition) is 3. The standard InChI is InChI=1S/C77H136O17P2/c1-5-9-13-17-21-25-29-33-34-35-36-40-42-46-50-54-58-62-75(80)88-68-73(94-77(82)64-60-56-52-48-44-39-32-28-24-20-16-12-8-4)70-92-96(85,86)90-66-71(78)65-89-95(83,84)91-69-72(93-76(81)63-59-55-51-47-43-38-31-27-23-19-15-11-7-3)67-87-74(79)61-57-53-49-45-41-37-30-26-22-18-14-10-6-2/h9,13-14,18,21,25-26,30,33-34,36,40,46,50,71-73,78H,5-8,10-12,15-17,19-20,22-24,27-29,31-32,35,37-39,41-45,47-49,51-70H2,1-4H3,(H,83,84)(H,85,86)/b13-9-,18-14-,25-21-,30-26-,34-33-,40-36-,50-46-. The van der Waals surface area contributed by atoms with Crippen molar-refractivity contribution >= 4 is 39.5 Å². The molecule has 5 atom stereocenters. The highest BCUT2D eigenvalue weighted by Gasteiger charge is 2.30. The fourth-order valence-corrected chi connectivity index (χ4v) is 11.7. The summed E-state index contributed by atoms with van der Waals surface area (Å²) in [6.45, 7) is 4.65. The first-order chi connectivity index (χ1) is 46.7. The summed E-state index contributed by atoms with van der Waals surface area (Å²) in [6.07, 6.45) is 70.1. The summed E-state index contributed by atoms with van der Waals surface area (Å²) >= 11 is 0. The zero-order valence-corrected chi connectivity index (χ0v) is 62.3. The number of allylic oxidation sites excluding steroid dienone is 14. The number of esters is 4. The summed E-state index contributed by atoms with van der Waals surface area (Å²) in [7, 11) is -9.95. The Hall–Kier alpha value is -3.76. The maximum atomic E-state index is 13.1. The van der Waals surface area contributed by atoms with Crippen molar-refractivity contribution in [2.24, 2.45) is 0 Å². The van der Waals surface area contributed by atoms with E-state index in [1.165, 1.54) is 103 Å². The number of phosphoric acid groups is 2. The molecule has 0 rings (SSSR count). The van der Waals surface area contributed by atoms with Crippen molar-refractivity contribution in [3.63, 3.8) is 0 Å². The van der Waals surface area contributed by atoms with Crippen molar-refractivity contribution in [3.8, 4) is 0 Å². The molecule has 0 aliphatic heterocycles. The van der Waals surface area contributed by atoms with Crippen LogP contribution < -0.4 is 0 Å². The van der Waals surface area contributed by atoms with Gasteiger partial charge in [-0.3, -0.25) is 37.3 Å². The zero-order valence-electron chi connectivity index (χ0n) is 60.5. The molecule has 0 aromatic heterocycles. The quantitative estimate of drug-likeness (QED) is 0.0169. The average molecular weight is 1400 g/mol. The third-order valence-corrected chi connectivity index (χ3v) is 17.8. The van der Waals surface area contributed by atoms with Gasteiger partial charge in [0.05, 0.1) is 26.4 Å². The van der Waals surface area contributed by atoms with Gasteiger partial charge < -0.3 is 33.8 Å². The van der Waals surface area contributed by atoms with Crippen LogP contribution in [0.5, 0.6) is 0 Å². The van der Waals surface area contributed by atoms with Crippen LogP contribution in [0, 0.1) is 0 Å². The van der Waals surface area contributed by atoms with E-state index >= 15 is 0 Å². The molecular formula is C77H136O17P2. The van der Waals surface area contributed by atoms with Gasteiger partial charge in [-0.1, -0.05) is 293 Å². The van der Waals surface area contributed by atoms with Crippen LogP contribution in [0.25, 0.3) is 0 Å². The highest BCUT2D eigenvalue weighted by atomic mass is 31.2. The molecule has 0 aliphatic rings. The van der Waals surface area contributed by atoms with Crippen LogP contribution in [-0.2, 0) is 65.4 Å². The Morgan fingerprint density at radius 3 is 0.917 bits per heavy atom. The molecule has 0 aromatic rings. The highest BCUT2D eigenvalue weighted by Crippen LogP contribution is 2.45. The third-order valence-electron chi connectivity index (χ3n) is 15.9. The van der Waals surface area contributed by atoms with E-state index < -0.39 is 97.5 Å². The molecule has 0 bridgehead atoms. The summed E-state index contributed by atoms with van der Waals surface area (Å²) in [5.74, 6) is -2.24. The van der Waals surface area contributed by atoms with Crippen LogP contribution in [-0.4, -0.2) is 96.7 Å². The number of carbonyl (C=O) groups is 4. The van der Waals surface area contributed by atoms with Crippen LogP contribution in [0.2, 0.25) is 0 Å². The minimum Gasteiger partial charge on any atom is -0.462 e. The van der Waals surface area contributed by atoms with E-state index in [1.807, 2.05) is 12.2 Å². The van der Waals surface area contributed by atoms with E-state index in [0.717, 1.165) is 135 Å². The van der Waals surface area contributed by atoms with Crippen molar-refractivity contribution in [1.82, 2.24) is 0 Å². The van der Waals surface area contributed by atoms with Gasteiger partial charge in [-0.15, -0.1) is 0 Å². The van der Waals surface area contributed by atoms with Crippen molar-refractivity contribution < 1.29 is 80.2 Å². The molecule has 556 valence electrons. The first-order valence-electron chi connectivity index (χ1n) is 37.8. The second kappa shape index (κ2) is 69.7. The molecule has 0 radical (unpaired) electrons. The number of phosphoric ester groups is 2. The molecule has 96 heavy (non-hydrogen) atoms. The Kier molecular flexibility index (Phi) is 67.0. The van der Waals surface area contributed by atoms with E-state index in [1.54, 1.807) is 0 Å². The summed E-state index contributed by atoms with van der Waals surface area (Å²) < 4.78 is 68.4. The van der Waals surface area contributed by atoms with Crippen molar-refractivity contribution in [2.75, 3.05) is 39.6 Å². The van der Waals surface area contributed by atoms with Gasteiger partial charge >= 0.3 is 39.5 Å². The van der Waals surface area contributed by atoms with Gasteiger partial charge in [0.25, 0.3) is 0 Å². The van der Waals surface area contributed by atoms with Crippen LogP contribution in [0.15, 0.2) is 85.1 Å². The second-order valence-electron chi connectivity index (χ2n) is 25.2. The predicted octanol–water partition coefficient (Wildman–Crippen LogP) is 21.4. The molecule has 0 saturated carbocycles. The highest BCUT2D eigenvalue weighted by molar-refractivity contribution is 7.47. The molecule has 19 heteroatoms. The lowest BCUT2D eigenvalue weighted by molar-refractivity contribution is -0.161.